The number of carbonyl (C=O) groups is 1. The monoisotopic (exact) mass is 245 g/mol. The molecule has 2 nitrogen and oxygen atoms in total. The molecule has 98 valence electrons. The molecule has 1 aromatic rings. The minimum absolute atomic E-state index is 0.195. The van der Waals surface area contributed by atoms with Gasteiger partial charge in [0, 0.05) is 18.5 Å². The molecular weight excluding hydrogens is 222 g/mol. The first kappa shape index (κ1) is 13.3. The number of fused-ring (bicyclic) bond motifs is 1. The van der Waals surface area contributed by atoms with Crippen LogP contribution in [0.4, 0.5) is 0 Å². The Morgan fingerprint density at radius 1 is 1.33 bits per heavy atom. The van der Waals surface area contributed by atoms with Gasteiger partial charge >= 0.3 is 0 Å². The van der Waals surface area contributed by atoms with Gasteiger partial charge < -0.3 is 4.79 Å². The van der Waals surface area contributed by atoms with Gasteiger partial charge in [0.1, 0.15) is 6.29 Å². The van der Waals surface area contributed by atoms with Crippen LogP contribution in [0.2, 0.25) is 0 Å². The first-order valence-electron chi connectivity index (χ1n) is 6.92. The lowest BCUT2D eigenvalue weighted by Crippen LogP contribution is -2.36. The first-order valence-corrected chi connectivity index (χ1v) is 6.92. The van der Waals surface area contributed by atoms with Crippen LogP contribution in [-0.4, -0.2) is 24.3 Å². The van der Waals surface area contributed by atoms with Gasteiger partial charge in [-0.05, 0) is 36.9 Å². The summed E-state index contributed by atoms with van der Waals surface area (Å²) in [7, 11) is 0. The van der Waals surface area contributed by atoms with E-state index in [1.165, 1.54) is 17.5 Å². The molecule has 0 aliphatic carbocycles. The molecule has 0 spiro atoms. The third-order valence-electron chi connectivity index (χ3n) is 4.11. The third-order valence-corrected chi connectivity index (χ3v) is 4.11. The van der Waals surface area contributed by atoms with Gasteiger partial charge in [-0.25, -0.2) is 0 Å². The van der Waals surface area contributed by atoms with Crippen LogP contribution in [0.15, 0.2) is 24.3 Å². The highest BCUT2D eigenvalue weighted by atomic mass is 16.1. The molecule has 1 aromatic carbocycles. The number of aryl methyl sites for hydroxylation is 1. The SMILES string of the molecule is CCC(C)(C=O)CN1CCCc2ccccc2C1. The van der Waals surface area contributed by atoms with Gasteiger partial charge in [0.2, 0.25) is 0 Å². The number of hydrogen-bond acceptors (Lipinski definition) is 2. The van der Waals surface area contributed by atoms with Gasteiger partial charge in [0.15, 0.2) is 0 Å². The molecule has 0 radical (unpaired) electrons. The van der Waals surface area contributed by atoms with E-state index in [0.717, 1.165) is 38.8 Å². The maximum Gasteiger partial charge on any atom is 0.127 e. The van der Waals surface area contributed by atoms with Crippen molar-refractivity contribution >= 4 is 6.29 Å². The van der Waals surface area contributed by atoms with Gasteiger partial charge in [-0.1, -0.05) is 38.1 Å². The summed E-state index contributed by atoms with van der Waals surface area (Å²) >= 11 is 0. The molecule has 0 fully saturated rings. The van der Waals surface area contributed by atoms with Crippen LogP contribution in [0.1, 0.15) is 37.8 Å². The molecule has 2 rings (SSSR count). The van der Waals surface area contributed by atoms with Crippen LogP contribution >= 0.6 is 0 Å². The Kier molecular flexibility index (Phi) is 4.18. The van der Waals surface area contributed by atoms with Crippen molar-refractivity contribution < 1.29 is 4.79 Å². The van der Waals surface area contributed by atoms with Gasteiger partial charge in [-0.3, -0.25) is 4.90 Å². The summed E-state index contributed by atoms with van der Waals surface area (Å²) < 4.78 is 0. The van der Waals surface area contributed by atoms with Crippen molar-refractivity contribution in [2.24, 2.45) is 5.41 Å². The van der Waals surface area contributed by atoms with Gasteiger partial charge in [-0.15, -0.1) is 0 Å². The van der Waals surface area contributed by atoms with Crippen LogP contribution in [-0.2, 0) is 17.8 Å². The molecule has 0 saturated heterocycles. The molecule has 2 heteroatoms. The van der Waals surface area contributed by atoms with E-state index < -0.39 is 0 Å². The highest BCUT2D eigenvalue weighted by Gasteiger charge is 2.25. The van der Waals surface area contributed by atoms with Crippen LogP contribution in [0.5, 0.6) is 0 Å². The van der Waals surface area contributed by atoms with Crippen LogP contribution in [0.3, 0.4) is 0 Å². The minimum atomic E-state index is -0.195. The van der Waals surface area contributed by atoms with E-state index in [-0.39, 0.29) is 5.41 Å². The maximum absolute atomic E-state index is 11.2. The average molecular weight is 245 g/mol. The average Bonchev–Trinajstić information content (AvgIpc) is 2.60. The Balaban J connectivity index is 2.10. The summed E-state index contributed by atoms with van der Waals surface area (Å²) in [5, 5.41) is 0. The van der Waals surface area contributed by atoms with Crippen molar-refractivity contribution in [2.45, 2.75) is 39.7 Å². The quantitative estimate of drug-likeness (QED) is 0.760. The van der Waals surface area contributed by atoms with Gasteiger partial charge in [-0.2, -0.15) is 0 Å². The van der Waals surface area contributed by atoms with E-state index in [1.54, 1.807) is 0 Å². The Labute approximate surface area is 110 Å². The van der Waals surface area contributed by atoms with Gasteiger partial charge in [0.25, 0.3) is 0 Å². The molecule has 0 saturated carbocycles. The standard InChI is InChI=1S/C16H23NO/c1-3-16(2,13-18)12-17-10-6-9-14-7-4-5-8-15(14)11-17/h4-5,7-8,13H,3,6,9-12H2,1-2H3. The fraction of sp³-hybridized carbons (Fsp3) is 0.562. The second kappa shape index (κ2) is 5.66. The number of aldehydes is 1. The first-order chi connectivity index (χ1) is 8.67. The molecule has 1 atom stereocenters. The van der Waals surface area contributed by atoms with Crippen LogP contribution in [0, 0.1) is 5.41 Å². The summed E-state index contributed by atoms with van der Waals surface area (Å²) in [5.74, 6) is 0. The summed E-state index contributed by atoms with van der Waals surface area (Å²) in [6, 6.07) is 8.69. The molecule has 1 aliphatic heterocycles. The van der Waals surface area contributed by atoms with Crippen molar-refractivity contribution in [1.29, 1.82) is 0 Å². The highest BCUT2D eigenvalue weighted by Crippen LogP contribution is 2.24. The summed E-state index contributed by atoms with van der Waals surface area (Å²) in [6.07, 6.45) is 4.39. The Bertz CT molecular complexity index is 415. The number of carbonyl (C=O) groups excluding carboxylic acids is 1. The van der Waals surface area contributed by atoms with E-state index in [4.69, 9.17) is 0 Å². The molecule has 0 amide bonds. The molecule has 0 N–H and O–H groups in total. The largest absolute Gasteiger partial charge is 0.303 e. The Morgan fingerprint density at radius 3 is 2.72 bits per heavy atom. The number of nitrogens with zero attached hydrogens (tertiary/aromatic N) is 1. The van der Waals surface area contributed by atoms with E-state index >= 15 is 0 Å². The molecular formula is C16H23NO. The summed E-state index contributed by atoms with van der Waals surface area (Å²) in [5.41, 5.74) is 2.71. The zero-order valence-corrected chi connectivity index (χ0v) is 11.5. The molecule has 0 aromatic heterocycles. The van der Waals surface area contributed by atoms with Crippen molar-refractivity contribution in [3.05, 3.63) is 35.4 Å². The van der Waals surface area contributed by atoms with Gasteiger partial charge in [0.05, 0.1) is 0 Å². The molecule has 1 unspecified atom stereocenters. The topological polar surface area (TPSA) is 20.3 Å². The van der Waals surface area contributed by atoms with Crippen molar-refractivity contribution in [2.75, 3.05) is 13.1 Å². The molecule has 0 bridgehead atoms. The smallest absolute Gasteiger partial charge is 0.127 e. The minimum Gasteiger partial charge on any atom is -0.303 e. The predicted molar refractivity (Wildman–Crippen MR) is 74.5 cm³/mol. The lowest BCUT2D eigenvalue weighted by Gasteiger charge is -2.30. The van der Waals surface area contributed by atoms with Crippen LogP contribution < -0.4 is 0 Å². The van der Waals surface area contributed by atoms with E-state index in [9.17, 15) is 4.79 Å². The fourth-order valence-corrected chi connectivity index (χ4v) is 2.65. The van der Waals surface area contributed by atoms with Crippen LogP contribution in [0.25, 0.3) is 0 Å². The zero-order chi connectivity index (χ0) is 13.0. The second-order valence-corrected chi connectivity index (χ2v) is 5.71. The van der Waals surface area contributed by atoms with E-state index in [0.29, 0.717) is 0 Å². The van der Waals surface area contributed by atoms with Crippen molar-refractivity contribution in [3.8, 4) is 0 Å². The number of benzene rings is 1. The maximum atomic E-state index is 11.2. The lowest BCUT2D eigenvalue weighted by molar-refractivity contribution is -0.116. The fourth-order valence-electron chi connectivity index (χ4n) is 2.65. The highest BCUT2D eigenvalue weighted by molar-refractivity contribution is 5.58. The van der Waals surface area contributed by atoms with Crippen molar-refractivity contribution in [1.82, 2.24) is 4.90 Å². The van der Waals surface area contributed by atoms with E-state index in [1.807, 2.05) is 0 Å². The second-order valence-electron chi connectivity index (χ2n) is 5.71. The zero-order valence-electron chi connectivity index (χ0n) is 11.5. The third kappa shape index (κ3) is 2.99. The Hall–Kier alpha value is -1.15. The summed E-state index contributed by atoms with van der Waals surface area (Å²) in [6.45, 7) is 7.12. The van der Waals surface area contributed by atoms with E-state index in [2.05, 4.69) is 43.0 Å². The predicted octanol–water partition coefficient (Wildman–Crippen LogP) is 3.05. The Morgan fingerprint density at radius 2 is 2.06 bits per heavy atom. The molecule has 1 heterocycles. The molecule has 1 aliphatic rings. The summed E-state index contributed by atoms with van der Waals surface area (Å²) in [4.78, 5) is 13.7. The normalized spacial score (nSPS) is 19.7. The number of rotatable bonds is 4. The molecule has 18 heavy (non-hydrogen) atoms. The van der Waals surface area contributed by atoms with Crippen molar-refractivity contribution in [3.63, 3.8) is 0 Å². The lowest BCUT2D eigenvalue weighted by atomic mass is 9.89. The number of hydrogen-bond donors (Lipinski definition) is 0.